The summed E-state index contributed by atoms with van der Waals surface area (Å²) in [7, 11) is 0. The Bertz CT molecular complexity index is 620. The number of hydrogen-bond acceptors (Lipinski definition) is 3. The lowest BCUT2D eigenvalue weighted by Gasteiger charge is -2.27. The number of ether oxygens (including phenoxy) is 1. The summed E-state index contributed by atoms with van der Waals surface area (Å²) >= 11 is 1.65. The lowest BCUT2D eigenvalue weighted by atomic mass is 10.1. The second kappa shape index (κ2) is 6.59. The molecule has 21 heavy (non-hydrogen) atoms. The molecule has 2 heterocycles. The number of thiophene rings is 1. The second-order valence-corrected chi connectivity index (χ2v) is 5.85. The number of allylic oxidation sites excluding steroid dienone is 1. The minimum Gasteiger partial charge on any atom is -0.444 e. The molecule has 0 fully saturated rings. The highest BCUT2D eigenvalue weighted by Gasteiger charge is 2.23. The number of benzene rings is 1. The Morgan fingerprint density at radius 1 is 1.19 bits per heavy atom. The molecule has 0 saturated heterocycles. The van der Waals surface area contributed by atoms with Crippen LogP contribution in [0.3, 0.4) is 0 Å². The van der Waals surface area contributed by atoms with Gasteiger partial charge in [0.25, 0.3) is 0 Å². The van der Waals surface area contributed by atoms with Gasteiger partial charge in [0.1, 0.15) is 6.61 Å². The third kappa shape index (κ3) is 3.34. The highest BCUT2D eigenvalue weighted by Crippen LogP contribution is 2.28. The zero-order chi connectivity index (χ0) is 14.5. The van der Waals surface area contributed by atoms with Gasteiger partial charge in [-0.05, 0) is 29.9 Å². The molecule has 0 bridgehead atoms. The first-order chi connectivity index (χ1) is 10.3. The van der Waals surface area contributed by atoms with Crippen molar-refractivity contribution < 1.29 is 9.53 Å². The van der Waals surface area contributed by atoms with Crippen molar-refractivity contribution in [3.8, 4) is 0 Å². The molecule has 0 aliphatic carbocycles. The molecule has 0 unspecified atom stereocenters. The maximum atomic E-state index is 12.3. The third-order valence-electron chi connectivity index (χ3n) is 3.41. The minimum atomic E-state index is -0.266. The minimum absolute atomic E-state index is 0.266. The monoisotopic (exact) mass is 299 g/mol. The van der Waals surface area contributed by atoms with Gasteiger partial charge in [-0.2, -0.15) is 0 Å². The average molecular weight is 299 g/mol. The van der Waals surface area contributed by atoms with E-state index in [4.69, 9.17) is 4.74 Å². The van der Waals surface area contributed by atoms with Gasteiger partial charge in [-0.3, -0.25) is 4.90 Å². The first-order valence-electron chi connectivity index (χ1n) is 7.07. The van der Waals surface area contributed by atoms with Crippen molar-refractivity contribution >= 4 is 23.1 Å². The van der Waals surface area contributed by atoms with Gasteiger partial charge in [-0.1, -0.05) is 42.5 Å². The van der Waals surface area contributed by atoms with Crippen molar-refractivity contribution in [3.63, 3.8) is 0 Å². The second-order valence-electron chi connectivity index (χ2n) is 4.90. The number of amides is 1. The molecule has 2 aromatic rings. The normalized spacial score (nSPS) is 14.7. The van der Waals surface area contributed by atoms with Crippen molar-refractivity contribution in [1.82, 2.24) is 4.90 Å². The SMILES string of the molecule is O=C(OCc1ccccc1)N1CCCC=C1c1cccs1. The Labute approximate surface area is 128 Å². The van der Waals surface area contributed by atoms with Gasteiger partial charge in [-0.15, -0.1) is 11.3 Å². The van der Waals surface area contributed by atoms with Crippen LogP contribution in [0.1, 0.15) is 23.3 Å². The first-order valence-corrected chi connectivity index (χ1v) is 7.95. The van der Waals surface area contributed by atoms with E-state index in [1.807, 2.05) is 47.8 Å². The van der Waals surface area contributed by atoms with Crippen LogP contribution in [0.15, 0.2) is 53.9 Å². The van der Waals surface area contributed by atoms with E-state index in [1.165, 1.54) is 0 Å². The quantitative estimate of drug-likeness (QED) is 0.834. The molecule has 108 valence electrons. The number of rotatable bonds is 3. The molecule has 4 heteroatoms. The molecule has 1 aliphatic rings. The molecule has 1 aliphatic heterocycles. The van der Waals surface area contributed by atoms with Crippen LogP contribution >= 0.6 is 11.3 Å². The summed E-state index contributed by atoms with van der Waals surface area (Å²) in [6.45, 7) is 1.03. The molecule has 0 N–H and O–H groups in total. The van der Waals surface area contributed by atoms with Crippen LogP contribution in [0.2, 0.25) is 0 Å². The molecule has 0 spiro atoms. The smallest absolute Gasteiger partial charge is 0.414 e. The van der Waals surface area contributed by atoms with Gasteiger partial charge < -0.3 is 4.74 Å². The zero-order valence-corrected chi connectivity index (χ0v) is 12.5. The van der Waals surface area contributed by atoms with E-state index in [9.17, 15) is 4.79 Å². The van der Waals surface area contributed by atoms with Crippen LogP contribution in [0.5, 0.6) is 0 Å². The fourth-order valence-corrected chi connectivity index (χ4v) is 3.14. The number of hydrogen-bond donors (Lipinski definition) is 0. The van der Waals surface area contributed by atoms with Crippen LogP contribution in [-0.4, -0.2) is 17.5 Å². The largest absolute Gasteiger partial charge is 0.444 e. The van der Waals surface area contributed by atoms with Crippen LogP contribution in [0, 0.1) is 0 Å². The van der Waals surface area contributed by atoms with E-state index in [0.29, 0.717) is 6.61 Å². The van der Waals surface area contributed by atoms with Gasteiger partial charge in [-0.25, -0.2) is 4.79 Å². The molecule has 0 radical (unpaired) electrons. The molecule has 0 atom stereocenters. The van der Waals surface area contributed by atoms with E-state index in [1.54, 1.807) is 16.2 Å². The molecular formula is C17H17NO2S. The Morgan fingerprint density at radius 2 is 2.05 bits per heavy atom. The molecule has 3 nitrogen and oxygen atoms in total. The lowest BCUT2D eigenvalue weighted by molar-refractivity contribution is 0.112. The maximum absolute atomic E-state index is 12.3. The Hall–Kier alpha value is -2.07. The third-order valence-corrected chi connectivity index (χ3v) is 4.31. The molecule has 1 aromatic carbocycles. The van der Waals surface area contributed by atoms with Crippen molar-refractivity contribution in [2.75, 3.05) is 6.54 Å². The predicted molar refractivity (Wildman–Crippen MR) is 84.9 cm³/mol. The van der Waals surface area contributed by atoms with Gasteiger partial charge in [0.05, 0.1) is 10.6 Å². The van der Waals surface area contributed by atoms with Crippen LogP contribution in [0.25, 0.3) is 5.70 Å². The van der Waals surface area contributed by atoms with E-state index < -0.39 is 0 Å². The molecule has 1 aromatic heterocycles. The van der Waals surface area contributed by atoms with Crippen molar-refractivity contribution in [1.29, 1.82) is 0 Å². The molecule has 3 rings (SSSR count). The van der Waals surface area contributed by atoms with Crippen molar-refractivity contribution in [2.45, 2.75) is 19.4 Å². The van der Waals surface area contributed by atoms with E-state index in [0.717, 1.165) is 35.5 Å². The highest BCUT2D eigenvalue weighted by atomic mass is 32.1. The van der Waals surface area contributed by atoms with Gasteiger partial charge in [0, 0.05) is 6.54 Å². The fourth-order valence-electron chi connectivity index (χ4n) is 2.36. The van der Waals surface area contributed by atoms with Crippen LogP contribution < -0.4 is 0 Å². The number of nitrogens with zero attached hydrogens (tertiary/aromatic N) is 1. The summed E-state index contributed by atoms with van der Waals surface area (Å²) in [5.41, 5.74) is 1.99. The number of carbonyl (C=O) groups excluding carboxylic acids is 1. The van der Waals surface area contributed by atoms with Crippen molar-refractivity contribution in [2.24, 2.45) is 0 Å². The Balaban J connectivity index is 1.68. The summed E-state index contributed by atoms with van der Waals surface area (Å²) in [5, 5.41) is 2.03. The maximum Gasteiger partial charge on any atom is 0.414 e. The lowest BCUT2D eigenvalue weighted by Crippen LogP contribution is -2.32. The summed E-state index contributed by atoms with van der Waals surface area (Å²) in [4.78, 5) is 15.2. The fraction of sp³-hybridized carbons (Fsp3) is 0.235. The summed E-state index contributed by atoms with van der Waals surface area (Å²) in [6.07, 6.45) is 3.85. The molecule has 0 saturated carbocycles. The molecule has 1 amide bonds. The summed E-state index contributed by atoms with van der Waals surface area (Å²) < 4.78 is 5.45. The van der Waals surface area contributed by atoms with E-state index >= 15 is 0 Å². The Kier molecular flexibility index (Phi) is 4.36. The average Bonchev–Trinajstić information content (AvgIpc) is 3.08. The standard InChI is InChI=1S/C17H17NO2S/c19-17(20-13-14-7-2-1-3-8-14)18-11-5-4-9-15(18)16-10-6-12-21-16/h1-3,6-10,12H,4-5,11,13H2. The topological polar surface area (TPSA) is 29.5 Å². The van der Waals surface area contributed by atoms with E-state index in [-0.39, 0.29) is 6.09 Å². The van der Waals surface area contributed by atoms with Crippen LogP contribution in [-0.2, 0) is 11.3 Å². The van der Waals surface area contributed by atoms with E-state index in [2.05, 4.69) is 6.08 Å². The number of carbonyl (C=O) groups is 1. The molecular weight excluding hydrogens is 282 g/mol. The predicted octanol–water partition coefficient (Wildman–Crippen LogP) is 4.52. The van der Waals surface area contributed by atoms with Gasteiger partial charge in [0.15, 0.2) is 0 Å². The summed E-state index contributed by atoms with van der Waals surface area (Å²) in [6, 6.07) is 13.8. The summed E-state index contributed by atoms with van der Waals surface area (Å²) in [5.74, 6) is 0. The first kappa shape index (κ1) is 13.9. The zero-order valence-electron chi connectivity index (χ0n) is 11.7. The van der Waals surface area contributed by atoms with Crippen molar-refractivity contribution in [3.05, 3.63) is 64.4 Å². The van der Waals surface area contributed by atoms with Gasteiger partial charge >= 0.3 is 6.09 Å². The highest BCUT2D eigenvalue weighted by molar-refractivity contribution is 7.11. The van der Waals surface area contributed by atoms with Crippen LogP contribution in [0.4, 0.5) is 4.79 Å². The van der Waals surface area contributed by atoms with Gasteiger partial charge in [0.2, 0.25) is 0 Å². The Morgan fingerprint density at radius 3 is 2.81 bits per heavy atom.